The van der Waals surface area contributed by atoms with Gasteiger partial charge in [-0.05, 0) is 48.7 Å². The van der Waals surface area contributed by atoms with Gasteiger partial charge in [-0.3, -0.25) is 4.79 Å². The molecule has 1 aliphatic rings. The number of piperazine rings is 1. The number of ether oxygens (including phenoxy) is 2. The Morgan fingerprint density at radius 3 is 2.52 bits per heavy atom. The van der Waals surface area contributed by atoms with Gasteiger partial charge in [0.15, 0.2) is 11.5 Å². The molecule has 1 aliphatic heterocycles. The second kappa shape index (κ2) is 10.0. The minimum Gasteiger partial charge on any atom is -0.493 e. The molecule has 0 atom stereocenters. The predicted octanol–water partition coefficient (Wildman–Crippen LogP) is 4.15. The number of para-hydroxylation sites is 1. The van der Waals surface area contributed by atoms with E-state index in [-0.39, 0.29) is 5.91 Å². The van der Waals surface area contributed by atoms with Crippen molar-refractivity contribution >= 4 is 17.7 Å². The normalized spacial score (nSPS) is 14.3. The maximum absolute atomic E-state index is 12.6. The highest BCUT2D eigenvalue weighted by Crippen LogP contribution is 2.28. The summed E-state index contributed by atoms with van der Waals surface area (Å²) < 4.78 is 11.1. The summed E-state index contributed by atoms with van der Waals surface area (Å²) in [6.45, 7) is 8.00. The number of anilines is 1. The Kier molecular flexibility index (Phi) is 7.17. The van der Waals surface area contributed by atoms with Crippen molar-refractivity contribution in [3.8, 4) is 11.5 Å². The van der Waals surface area contributed by atoms with E-state index in [2.05, 4.69) is 43.0 Å². The van der Waals surface area contributed by atoms with Gasteiger partial charge in [-0.15, -0.1) is 0 Å². The summed E-state index contributed by atoms with van der Waals surface area (Å²) in [6.07, 6.45) is 4.42. The Labute approximate surface area is 173 Å². The quantitative estimate of drug-likeness (QED) is 0.662. The van der Waals surface area contributed by atoms with Crippen molar-refractivity contribution in [3.63, 3.8) is 0 Å². The number of benzene rings is 2. The van der Waals surface area contributed by atoms with Crippen molar-refractivity contribution in [1.82, 2.24) is 4.90 Å². The highest BCUT2D eigenvalue weighted by Gasteiger charge is 2.20. The summed E-state index contributed by atoms with van der Waals surface area (Å²) in [4.78, 5) is 16.9. The Bertz CT molecular complexity index is 855. The van der Waals surface area contributed by atoms with Crippen LogP contribution in [0.2, 0.25) is 0 Å². The molecule has 5 heteroatoms. The number of amides is 1. The molecule has 29 heavy (non-hydrogen) atoms. The molecule has 1 amide bonds. The lowest BCUT2D eigenvalue weighted by Gasteiger charge is -2.36. The van der Waals surface area contributed by atoms with Gasteiger partial charge in [-0.25, -0.2) is 0 Å². The van der Waals surface area contributed by atoms with Crippen LogP contribution in [0.1, 0.15) is 24.5 Å². The molecule has 0 saturated carbocycles. The number of methoxy groups -OCH3 is 1. The molecule has 2 aromatic carbocycles. The average molecular weight is 395 g/mol. The molecule has 0 N–H and O–H groups in total. The maximum Gasteiger partial charge on any atom is 0.246 e. The SMILES string of the molecule is CCCOc1ccc(/C=C/C(=O)N2CCN(c3ccccc3C)CC2)cc1OC. The predicted molar refractivity (Wildman–Crippen MR) is 118 cm³/mol. The summed E-state index contributed by atoms with van der Waals surface area (Å²) in [7, 11) is 1.63. The standard InChI is InChI=1S/C24H30N2O3/c1-4-17-29-22-11-9-20(18-23(22)28-3)10-12-24(27)26-15-13-25(14-16-26)21-8-6-5-7-19(21)2/h5-12,18H,4,13-17H2,1-3H3/b12-10+. The van der Waals surface area contributed by atoms with E-state index >= 15 is 0 Å². The Morgan fingerprint density at radius 2 is 1.83 bits per heavy atom. The first-order valence-corrected chi connectivity index (χ1v) is 10.2. The fourth-order valence-electron chi connectivity index (χ4n) is 3.48. The van der Waals surface area contributed by atoms with E-state index in [9.17, 15) is 4.79 Å². The van der Waals surface area contributed by atoms with Crippen molar-refractivity contribution in [2.24, 2.45) is 0 Å². The maximum atomic E-state index is 12.6. The summed E-state index contributed by atoms with van der Waals surface area (Å²) in [6, 6.07) is 14.1. The van der Waals surface area contributed by atoms with Gasteiger partial charge in [0.2, 0.25) is 5.91 Å². The van der Waals surface area contributed by atoms with Crippen LogP contribution in [0.4, 0.5) is 5.69 Å². The summed E-state index contributed by atoms with van der Waals surface area (Å²) in [5.74, 6) is 1.45. The highest BCUT2D eigenvalue weighted by molar-refractivity contribution is 5.92. The fraction of sp³-hybridized carbons (Fsp3) is 0.375. The van der Waals surface area contributed by atoms with Crippen molar-refractivity contribution in [3.05, 3.63) is 59.7 Å². The molecule has 0 aromatic heterocycles. The van der Waals surface area contributed by atoms with Crippen LogP contribution in [-0.4, -0.2) is 50.7 Å². The van der Waals surface area contributed by atoms with Crippen LogP contribution in [-0.2, 0) is 4.79 Å². The van der Waals surface area contributed by atoms with Gasteiger partial charge in [0.05, 0.1) is 13.7 Å². The van der Waals surface area contributed by atoms with Crippen LogP contribution in [0.25, 0.3) is 6.08 Å². The molecule has 0 aliphatic carbocycles. The lowest BCUT2D eigenvalue weighted by molar-refractivity contribution is -0.126. The lowest BCUT2D eigenvalue weighted by Crippen LogP contribution is -2.48. The van der Waals surface area contributed by atoms with Crippen LogP contribution in [0.5, 0.6) is 11.5 Å². The van der Waals surface area contributed by atoms with Crippen molar-refractivity contribution < 1.29 is 14.3 Å². The Hall–Kier alpha value is -2.95. The number of carbonyl (C=O) groups excluding carboxylic acids is 1. The Morgan fingerprint density at radius 1 is 1.07 bits per heavy atom. The molecule has 1 saturated heterocycles. The van der Waals surface area contributed by atoms with Gasteiger partial charge in [0.25, 0.3) is 0 Å². The third-order valence-electron chi connectivity index (χ3n) is 5.12. The number of nitrogens with zero attached hydrogens (tertiary/aromatic N) is 2. The molecule has 0 bridgehead atoms. The zero-order chi connectivity index (χ0) is 20.6. The molecule has 0 unspecified atom stereocenters. The van der Waals surface area contributed by atoms with Crippen LogP contribution >= 0.6 is 0 Å². The molecule has 1 heterocycles. The third kappa shape index (κ3) is 5.31. The van der Waals surface area contributed by atoms with Gasteiger partial charge >= 0.3 is 0 Å². The molecule has 2 aromatic rings. The van der Waals surface area contributed by atoms with Crippen LogP contribution < -0.4 is 14.4 Å². The van der Waals surface area contributed by atoms with E-state index in [4.69, 9.17) is 9.47 Å². The molecule has 1 fully saturated rings. The topological polar surface area (TPSA) is 42.0 Å². The van der Waals surface area contributed by atoms with E-state index < -0.39 is 0 Å². The summed E-state index contributed by atoms with van der Waals surface area (Å²) >= 11 is 0. The smallest absolute Gasteiger partial charge is 0.246 e. The Balaban J connectivity index is 1.58. The largest absolute Gasteiger partial charge is 0.493 e. The number of hydrogen-bond acceptors (Lipinski definition) is 4. The number of hydrogen-bond donors (Lipinski definition) is 0. The second-order valence-electron chi connectivity index (χ2n) is 7.19. The number of carbonyl (C=O) groups is 1. The van der Waals surface area contributed by atoms with Gasteiger partial charge in [-0.1, -0.05) is 31.2 Å². The third-order valence-corrected chi connectivity index (χ3v) is 5.12. The van der Waals surface area contributed by atoms with Crippen molar-refractivity contribution in [2.75, 3.05) is 44.8 Å². The second-order valence-corrected chi connectivity index (χ2v) is 7.19. The molecule has 154 valence electrons. The number of rotatable bonds is 7. The molecule has 0 radical (unpaired) electrons. The van der Waals surface area contributed by atoms with Gasteiger partial charge < -0.3 is 19.3 Å². The molecule has 5 nitrogen and oxygen atoms in total. The van der Waals surface area contributed by atoms with E-state index in [1.807, 2.05) is 29.2 Å². The van der Waals surface area contributed by atoms with E-state index in [1.165, 1.54) is 11.3 Å². The van der Waals surface area contributed by atoms with E-state index in [1.54, 1.807) is 13.2 Å². The molecule has 3 rings (SSSR count). The average Bonchev–Trinajstić information content (AvgIpc) is 2.76. The first kappa shape index (κ1) is 20.8. The van der Waals surface area contributed by atoms with Gasteiger partial charge in [0, 0.05) is 37.9 Å². The first-order chi connectivity index (χ1) is 14.1. The zero-order valence-electron chi connectivity index (χ0n) is 17.6. The minimum atomic E-state index is 0.0414. The monoisotopic (exact) mass is 394 g/mol. The summed E-state index contributed by atoms with van der Waals surface area (Å²) in [5.41, 5.74) is 3.44. The van der Waals surface area contributed by atoms with Crippen LogP contribution in [0, 0.1) is 6.92 Å². The van der Waals surface area contributed by atoms with E-state index in [0.717, 1.165) is 43.9 Å². The lowest BCUT2D eigenvalue weighted by atomic mass is 10.1. The highest BCUT2D eigenvalue weighted by atomic mass is 16.5. The van der Waals surface area contributed by atoms with Gasteiger partial charge in [0.1, 0.15) is 0 Å². The zero-order valence-corrected chi connectivity index (χ0v) is 17.6. The molecular formula is C24H30N2O3. The first-order valence-electron chi connectivity index (χ1n) is 10.2. The fourth-order valence-corrected chi connectivity index (χ4v) is 3.48. The van der Waals surface area contributed by atoms with E-state index in [0.29, 0.717) is 12.4 Å². The number of aryl methyl sites for hydroxylation is 1. The van der Waals surface area contributed by atoms with Crippen LogP contribution in [0.3, 0.4) is 0 Å². The molecule has 0 spiro atoms. The molecular weight excluding hydrogens is 364 g/mol. The minimum absolute atomic E-state index is 0.0414. The van der Waals surface area contributed by atoms with Crippen molar-refractivity contribution in [1.29, 1.82) is 0 Å². The van der Waals surface area contributed by atoms with Crippen LogP contribution in [0.15, 0.2) is 48.5 Å². The summed E-state index contributed by atoms with van der Waals surface area (Å²) in [5, 5.41) is 0. The van der Waals surface area contributed by atoms with Crippen molar-refractivity contribution in [2.45, 2.75) is 20.3 Å². The van der Waals surface area contributed by atoms with Gasteiger partial charge in [-0.2, -0.15) is 0 Å².